The summed E-state index contributed by atoms with van der Waals surface area (Å²) >= 11 is 6.53. The van der Waals surface area contributed by atoms with Gasteiger partial charge < -0.3 is 25.0 Å². The third-order valence-electron chi connectivity index (χ3n) is 7.04. The number of hydrogen-bond acceptors (Lipinski definition) is 8. The van der Waals surface area contributed by atoms with E-state index in [4.69, 9.17) is 21.1 Å². The molecule has 40 heavy (non-hydrogen) atoms. The summed E-state index contributed by atoms with van der Waals surface area (Å²) in [7, 11) is 0. The van der Waals surface area contributed by atoms with E-state index in [1.165, 1.54) is 25.6 Å². The van der Waals surface area contributed by atoms with Crippen LogP contribution in [0.2, 0.25) is 5.02 Å². The van der Waals surface area contributed by atoms with Crippen LogP contribution in [0, 0.1) is 0 Å². The molecule has 3 heterocycles. The molecule has 10 heteroatoms. The lowest BCUT2D eigenvalue weighted by Crippen LogP contribution is -2.37. The Morgan fingerprint density at radius 2 is 2.08 bits per heavy atom. The second-order valence-electron chi connectivity index (χ2n) is 9.69. The van der Waals surface area contributed by atoms with E-state index in [0.29, 0.717) is 71.3 Å². The highest BCUT2D eigenvalue weighted by Gasteiger charge is 2.26. The van der Waals surface area contributed by atoms with Crippen molar-refractivity contribution in [3.8, 4) is 11.5 Å². The van der Waals surface area contributed by atoms with Crippen molar-refractivity contribution in [3.63, 3.8) is 0 Å². The molecule has 2 N–H and O–H groups in total. The van der Waals surface area contributed by atoms with Crippen molar-refractivity contribution in [1.29, 1.82) is 0 Å². The standard InChI is InChI=1S/C30H29ClN6O3/c31-23-17-21(9-12-26(23)40-18-22-5-1-2-13-33-22)36-30-28-24(34-19-35-30)10-11-25-29(28)39-16-15-37(25)27(38)8-4-14-32-20-6-3-7-20/h1-2,4-5,8-13,17,19-20,32H,3,6-7,14-16,18H2,(H,34,35,36)/b8-4+. The van der Waals surface area contributed by atoms with E-state index < -0.39 is 0 Å². The number of fused-ring (bicyclic) bond motifs is 3. The predicted octanol–water partition coefficient (Wildman–Crippen LogP) is 5.42. The Hall–Kier alpha value is -4.21. The summed E-state index contributed by atoms with van der Waals surface area (Å²) in [5.74, 6) is 1.59. The summed E-state index contributed by atoms with van der Waals surface area (Å²) in [5.41, 5.74) is 2.92. The molecule has 204 valence electrons. The topological polar surface area (TPSA) is 102 Å². The van der Waals surface area contributed by atoms with Crippen LogP contribution in [-0.2, 0) is 11.4 Å². The number of nitrogens with zero attached hydrogens (tertiary/aromatic N) is 4. The Morgan fingerprint density at radius 1 is 1.15 bits per heavy atom. The van der Waals surface area contributed by atoms with Crippen molar-refractivity contribution in [1.82, 2.24) is 20.3 Å². The molecule has 1 amide bonds. The van der Waals surface area contributed by atoms with Gasteiger partial charge in [-0.3, -0.25) is 9.78 Å². The number of carbonyl (C=O) groups is 1. The molecule has 0 saturated heterocycles. The second-order valence-corrected chi connectivity index (χ2v) is 10.1. The molecule has 1 aliphatic heterocycles. The molecule has 0 radical (unpaired) electrons. The van der Waals surface area contributed by atoms with E-state index >= 15 is 0 Å². The summed E-state index contributed by atoms with van der Waals surface area (Å²) in [5, 5.41) is 7.93. The van der Waals surface area contributed by atoms with Gasteiger partial charge in [-0.2, -0.15) is 0 Å². The van der Waals surface area contributed by atoms with Crippen LogP contribution in [0.5, 0.6) is 11.5 Å². The maximum absolute atomic E-state index is 13.1. The number of nitrogens with one attached hydrogen (secondary N) is 2. The minimum absolute atomic E-state index is 0.0845. The highest BCUT2D eigenvalue weighted by molar-refractivity contribution is 6.32. The molecule has 0 spiro atoms. The van der Waals surface area contributed by atoms with E-state index in [9.17, 15) is 4.79 Å². The van der Waals surface area contributed by atoms with Crippen LogP contribution in [0.1, 0.15) is 25.0 Å². The first-order valence-corrected chi connectivity index (χ1v) is 13.7. The molecule has 1 saturated carbocycles. The van der Waals surface area contributed by atoms with Crippen LogP contribution < -0.4 is 25.0 Å². The Kier molecular flexibility index (Phi) is 7.74. The summed E-state index contributed by atoms with van der Waals surface area (Å²) in [4.78, 5) is 28.0. The van der Waals surface area contributed by atoms with Crippen LogP contribution in [0.4, 0.5) is 17.2 Å². The lowest BCUT2D eigenvalue weighted by molar-refractivity contribution is -0.114. The zero-order valence-corrected chi connectivity index (χ0v) is 22.6. The lowest BCUT2D eigenvalue weighted by Gasteiger charge is -2.30. The third kappa shape index (κ3) is 5.71. The highest BCUT2D eigenvalue weighted by atomic mass is 35.5. The normalized spacial score (nSPS) is 15.0. The van der Waals surface area contributed by atoms with Gasteiger partial charge in [0.05, 0.1) is 33.9 Å². The minimum atomic E-state index is -0.0845. The van der Waals surface area contributed by atoms with E-state index in [1.54, 1.807) is 29.3 Å². The van der Waals surface area contributed by atoms with Crippen LogP contribution >= 0.6 is 11.6 Å². The van der Waals surface area contributed by atoms with E-state index in [2.05, 4.69) is 25.6 Å². The molecule has 0 atom stereocenters. The number of rotatable bonds is 9. The summed E-state index contributed by atoms with van der Waals surface area (Å²) in [6.45, 7) is 1.83. The summed E-state index contributed by atoms with van der Waals surface area (Å²) in [6, 6.07) is 15.4. The Bertz CT molecular complexity index is 1540. The lowest BCUT2D eigenvalue weighted by atomic mass is 9.93. The van der Waals surface area contributed by atoms with E-state index in [-0.39, 0.29) is 5.91 Å². The zero-order valence-electron chi connectivity index (χ0n) is 21.8. The van der Waals surface area contributed by atoms with Crippen molar-refractivity contribution in [2.75, 3.05) is 29.9 Å². The first kappa shape index (κ1) is 26.0. The molecule has 2 aromatic heterocycles. The van der Waals surface area contributed by atoms with Gasteiger partial charge in [-0.1, -0.05) is 30.2 Å². The van der Waals surface area contributed by atoms with Gasteiger partial charge in [0, 0.05) is 30.5 Å². The average Bonchev–Trinajstić information content (AvgIpc) is 2.95. The summed E-state index contributed by atoms with van der Waals surface area (Å²) in [6.07, 6.45) is 10.4. The molecule has 6 rings (SSSR count). The summed E-state index contributed by atoms with van der Waals surface area (Å²) < 4.78 is 11.9. The Labute approximate surface area is 237 Å². The molecule has 4 aromatic rings. The van der Waals surface area contributed by atoms with Crippen molar-refractivity contribution < 1.29 is 14.3 Å². The number of anilines is 3. The second kappa shape index (κ2) is 11.9. The van der Waals surface area contributed by atoms with Crippen molar-refractivity contribution in [2.45, 2.75) is 31.9 Å². The third-order valence-corrected chi connectivity index (χ3v) is 7.34. The van der Waals surface area contributed by atoms with Gasteiger partial charge in [-0.25, -0.2) is 9.97 Å². The molecule has 1 fully saturated rings. The molecule has 0 unspecified atom stereocenters. The number of hydrogen-bond donors (Lipinski definition) is 2. The maximum Gasteiger partial charge on any atom is 0.250 e. The van der Waals surface area contributed by atoms with Gasteiger partial charge >= 0.3 is 0 Å². The minimum Gasteiger partial charge on any atom is -0.489 e. The number of carbonyl (C=O) groups excluding carboxylic acids is 1. The van der Waals surface area contributed by atoms with E-state index in [1.807, 2.05) is 42.5 Å². The fraction of sp³-hybridized carbons (Fsp3) is 0.267. The zero-order chi connectivity index (χ0) is 27.3. The largest absolute Gasteiger partial charge is 0.489 e. The van der Waals surface area contributed by atoms with Crippen molar-refractivity contribution >= 4 is 45.6 Å². The molecule has 2 aromatic carbocycles. The first-order chi connectivity index (χ1) is 19.7. The fourth-order valence-corrected chi connectivity index (χ4v) is 4.95. The van der Waals surface area contributed by atoms with Crippen LogP contribution in [0.15, 0.2) is 73.2 Å². The van der Waals surface area contributed by atoms with Gasteiger partial charge in [0.2, 0.25) is 0 Å². The number of aromatic nitrogens is 3. The highest BCUT2D eigenvalue weighted by Crippen LogP contribution is 2.42. The number of pyridine rings is 1. The number of halogens is 1. The van der Waals surface area contributed by atoms with Gasteiger partial charge in [0.25, 0.3) is 5.91 Å². The molecule has 0 bridgehead atoms. The number of ether oxygens (including phenoxy) is 2. The molecule has 1 aliphatic carbocycles. The predicted molar refractivity (Wildman–Crippen MR) is 155 cm³/mol. The Balaban J connectivity index is 1.21. The van der Waals surface area contributed by atoms with Gasteiger partial charge in [-0.05, 0) is 55.3 Å². The SMILES string of the molecule is O=C(/C=C/CNC1CCC1)N1CCOc2c1ccc1ncnc(Nc3ccc(OCc4ccccn4)c(Cl)c3)c21. The van der Waals surface area contributed by atoms with Crippen LogP contribution in [0.3, 0.4) is 0 Å². The smallest absolute Gasteiger partial charge is 0.250 e. The molecule has 2 aliphatic rings. The van der Waals surface area contributed by atoms with Gasteiger partial charge in [-0.15, -0.1) is 0 Å². The van der Waals surface area contributed by atoms with E-state index in [0.717, 1.165) is 11.4 Å². The number of benzene rings is 2. The number of amides is 1. The molecule has 9 nitrogen and oxygen atoms in total. The van der Waals surface area contributed by atoms with Gasteiger partial charge in [0.1, 0.15) is 31.1 Å². The molecular weight excluding hydrogens is 528 g/mol. The monoisotopic (exact) mass is 556 g/mol. The van der Waals surface area contributed by atoms with Crippen molar-refractivity contribution in [3.05, 3.63) is 83.9 Å². The quantitative estimate of drug-likeness (QED) is 0.263. The van der Waals surface area contributed by atoms with Gasteiger partial charge in [0.15, 0.2) is 5.75 Å². The molecular formula is C30H29ClN6O3. The maximum atomic E-state index is 13.1. The van der Waals surface area contributed by atoms with Crippen LogP contribution in [-0.4, -0.2) is 46.6 Å². The fourth-order valence-electron chi connectivity index (χ4n) is 4.72. The first-order valence-electron chi connectivity index (χ1n) is 13.4. The Morgan fingerprint density at radius 3 is 2.88 bits per heavy atom. The van der Waals surface area contributed by atoms with Crippen molar-refractivity contribution in [2.24, 2.45) is 0 Å². The average molecular weight is 557 g/mol. The van der Waals surface area contributed by atoms with Crippen LogP contribution in [0.25, 0.3) is 10.9 Å².